The Morgan fingerprint density at radius 3 is 2.57 bits per heavy atom. The van der Waals surface area contributed by atoms with Crippen molar-refractivity contribution in [3.05, 3.63) is 66.9 Å². The maximum absolute atomic E-state index is 4.86. The van der Waals surface area contributed by atoms with Gasteiger partial charge in [0.05, 0.1) is 21.6 Å². The van der Waals surface area contributed by atoms with Gasteiger partial charge in [0, 0.05) is 21.7 Å². The molecule has 0 atom stereocenters. The van der Waals surface area contributed by atoms with Crippen LogP contribution in [-0.4, -0.2) is 15.0 Å². The second-order valence-electron chi connectivity index (χ2n) is 5.39. The van der Waals surface area contributed by atoms with Gasteiger partial charge in [-0.3, -0.25) is 0 Å². The van der Waals surface area contributed by atoms with E-state index in [0.717, 1.165) is 27.9 Å². The molecule has 5 rings (SSSR count). The topological polar surface area (TPSA) is 38.7 Å². The van der Waals surface area contributed by atoms with E-state index in [1.54, 1.807) is 17.5 Å². The van der Waals surface area contributed by atoms with Crippen LogP contribution < -0.4 is 0 Å². The molecule has 4 heteroatoms. The van der Waals surface area contributed by atoms with E-state index in [4.69, 9.17) is 4.98 Å². The highest BCUT2D eigenvalue weighted by Gasteiger charge is 2.09. The Morgan fingerprint density at radius 1 is 0.696 bits per heavy atom. The summed E-state index contributed by atoms with van der Waals surface area (Å²) >= 11 is 1.77. The average Bonchev–Trinajstić information content (AvgIpc) is 2.99. The van der Waals surface area contributed by atoms with Crippen molar-refractivity contribution >= 4 is 42.7 Å². The number of benzene rings is 1. The first kappa shape index (κ1) is 12.7. The molecule has 0 aliphatic rings. The summed E-state index contributed by atoms with van der Waals surface area (Å²) in [6.45, 7) is 0. The summed E-state index contributed by atoms with van der Waals surface area (Å²) in [7, 11) is 0. The van der Waals surface area contributed by atoms with Crippen LogP contribution in [0, 0.1) is 0 Å². The lowest BCUT2D eigenvalue weighted by Crippen LogP contribution is -1.90. The first-order valence-electron chi connectivity index (χ1n) is 7.39. The molecule has 0 bridgehead atoms. The molecule has 0 aliphatic heterocycles. The molecule has 5 aromatic rings. The molecule has 0 spiro atoms. The molecule has 0 N–H and O–H groups in total. The van der Waals surface area contributed by atoms with E-state index in [9.17, 15) is 0 Å². The second kappa shape index (κ2) is 4.83. The molecule has 4 aromatic heterocycles. The molecule has 108 valence electrons. The lowest BCUT2D eigenvalue weighted by molar-refractivity contribution is 1.26. The minimum absolute atomic E-state index is 0.752. The highest BCUT2D eigenvalue weighted by molar-refractivity contribution is 7.25. The molecule has 3 nitrogen and oxygen atoms in total. The number of fused-ring (bicyclic) bond motifs is 4. The van der Waals surface area contributed by atoms with E-state index in [0.29, 0.717) is 0 Å². The van der Waals surface area contributed by atoms with Gasteiger partial charge in [-0.05, 0) is 42.5 Å². The molecular formula is C19H11N3S. The first-order chi connectivity index (χ1) is 11.4. The Kier molecular flexibility index (Phi) is 2.66. The number of pyridine rings is 3. The molecular weight excluding hydrogens is 302 g/mol. The largest absolute Gasteiger partial charge is 0.245 e. The van der Waals surface area contributed by atoms with Crippen molar-refractivity contribution in [2.24, 2.45) is 0 Å². The van der Waals surface area contributed by atoms with Crippen LogP contribution in [0.5, 0.6) is 0 Å². The van der Waals surface area contributed by atoms with Gasteiger partial charge in [0.25, 0.3) is 0 Å². The van der Waals surface area contributed by atoms with Crippen molar-refractivity contribution in [2.45, 2.75) is 0 Å². The second-order valence-corrected chi connectivity index (χ2v) is 6.47. The highest BCUT2D eigenvalue weighted by atomic mass is 32.1. The molecule has 0 amide bonds. The first-order valence-corrected chi connectivity index (χ1v) is 8.21. The van der Waals surface area contributed by atoms with Crippen LogP contribution in [0.1, 0.15) is 0 Å². The van der Waals surface area contributed by atoms with E-state index < -0.39 is 0 Å². The summed E-state index contributed by atoms with van der Waals surface area (Å²) in [5.74, 6) is 0. The Morgan fingerprint density at radius 2 is 1.57 bits per heavy atom. The minimum atomic E-state index is 0.752. The van der Waals surface area contributed by atoms with Crippen LogP contribution in [0.15, 0.2) is 66.9 Å². The van der Waals surface area contributed by atoms with Gasteiger partial charge in [0.2, 0.25) is 0 Å². The van der Waals surface area contributed by atoms with Gasteiger partial charge in [0.15, 0.2) is 5.65 Å². The van der Waals surface area contributed by atoms with Crippen molar-refractivity contribution in [3.63, 3.8) is 0 Å². The molecule has 0 saturated carbocycles. The van der Waals surface area contributed by atoms with Gasteiger partial charge < -0.3 is 0 Å². The highest BCUT2D eigenvalue weighted by Crippen LogP contribution is 2.33. The van der Waals surface area contributed by atoms with Gasteiger partial charge in [-0.15, -0.1) is 11.3 Å². The summed E-state index contributed by atoms with van der Waals surface area (Å²) in [4.78, 5) is 13.8. The Balaban J connectivity index is 1.76. The van der Waals surface area contributed by atoms with Crippen LogP contribution in [0.3, 0.4) is 0 Å². The SMILES string of the molecule is c1cnc2nc(-c3ccc4sc5ccccc5c4n3)ccc2c1. The van der Waals surface area contributed by atoms with E-state index in [2.05, 4.69) is 40.3 Å². The van der Waals surface area contributed by atoms with Crippen LogP contribution in [0.2, 0.25) is 0 Å². The number of thiophene rings is 1. The summed E-state index contributed by atoms with van der Waals surface area (Å²) < 4.78 is 2.47. The van der Waals surface area contributed by atoms with Gasteiger partial charge in [-0.1, -0.05) is 18.2 Å². The zero-order valence-corrected chi connectivity index (χ0v) is 12.9. The quantitative estimate of drug-likeness (QED) is 0.434. The van der Waals surface area contributed by atoms with Crippen molar-refractivity contribution in [2.75, 3.05) is 0 Å². The lowest BCUT2D eigenvalue weighted by Gasteiger charge is -2.02. The Labute approximate surface area is 136 Å². The molecule has 1 aromatic carbocycles. The minimum Gasteiger partial charge on any atom is -0.245 e. The van der Waals surface area contributed by atoms with E-state index in [1.807, 2.05) is 30.3 Å². The third-order valence-electron chi connectivity index (χ3n) is 3.95. The third-order valence-corrected chi connectivity index (χ3v) is 5.07. The van der Waals surface area contributed by atoms with Crippen LogP contribution in [0.4, 0.5) is 0 Å². The summed E-state index contributed by atoms with van der Waals surface area (Å²) in [6.07, 6.45) is 1.77. The maximum atomic E-state index is 4.86. The van der Waals surface area contributed by atoms with E-state index in [-0.39, 0.29) is 0 Å². The standard InChI is InChI=1S/C19H11N3S/c1-2-6-16-13(5-1)18-17(23-16)10-9-14(21-18)15-8-7-12-4-3-11-20-19(12)22-15/h1-11H. The molecule has 0 fully saturated rings. The molecule has 0 radical (unpaired) electrons. The van der Waals surface area contributed by atoms with Gasteiger partial charge in [-0.2, -0.15) is 0 Å². The summed E-state index contributed by atoms with van der Waals surface area (Å²) in [5, 5.41) is 2.24. The zero-order valence-electron chi connectivity index (χ0n) is 12.1. The number of aromatic nitrogens is 3. The predicted molar refractivity (Wildman–Crippen MR) is 95.7 cm³/mol. The summed E-state index contributed by atoms with van der Waals surface area (Å²) in [6, 6.07) is 20.5. The lowest BCUT2D eigenvalue weighted by atomic mass is 10.2. The third kappa shape index (κ3) is 1.99. The molecule has 23 heavy (non-hydrogen) atoms. The predicted octanol–water partition coefficient (Wildman–Crippen LogP) is 5.06. The van der Waals surface area contributed by atoms with Gasteiger partial charge >= 0.3 is 0 Å². The number of nitrogens with zero attached hydrogens (tertiary/aromatic N) is 3. The van der Waals surface area contributed by atoms with E-state index >= 15 is 0 Å². The fourth-order valence-electron chi connectivity index (χ4n) is 2.83. The fraction of sp³-hybridized carbons (Fsp3) is 0. The van der Waals surface area contributed by atoms with Crippen molar-refractivity contribution in [1.82, 2.24) is 15.0 Å². The van der Waals surface area contributed by atoms with Crippen molar-refractivity contribution < 1.29 is 0 Å². The van der Waals surface area contributed by atoms with Gasteiger partial charge in [0.1, 0.15) is 0 Å². The monoisotopic (exact) mass is 313 g/mol. The van der Waals surface area contributed by atoms with E-state index in [1.165, 1.54) is 14.8 Å². The maximum Gasteiger partial charge on any atom is 0.159 e. The Bertz CT molecular complexity index is 1180. The van der Waals surface area contributed by atoms with Crippen molar-refractivity contribution in [1.29, 1.82) is 0 Å². The van der Waals surface area contributed by atoms with Gasteiger partial charge in [-0.25, -0.2) is 15.0 Å². The van der Waals surface area contributed by atoms with Crippen LogP contribution >= 0.6 is 11.3 Å². The number of hydrogen-bond acceptors (Lipinski definition) is 4. The van der Waals surface area contributed by atoms with Crippen molar-refractivity contribution in [3.8, 4) is 11.4 Å². The molecule has 4 heterocycles. The molecule has 0 unspecified atom stereocenters. The van der Waals surface area contributed by atoms with Crippen LogP contribution in [0.25, 0.3) is 42.7 Å². The average molecular weight is 313 g/mol. The smallest absolute Gasteiger partial charge is 0.159 e. The fourth-order valence-corrected chi connectivity index (χ4v) is 3.88. The molecule has 0 aliphatic carbocycles. The molecule has 0 saturated heterocycles. The number of rotatable bonds is 1. The normalized spacial score (nSPS) is 11.5. The number of hydrogen-bond donors (Lipinski definition) is 0. The summed E-state index contributed by atoms with van der Waals surface area (Å²) in [5.41, 5.74) is 3.54. The zero-order chi connectivity index (χ0) is 15.2. The Hall–Kier alpha value is -2.85. The van der Waals surface area contributed by atoms with Crippen LogP contribution in [-0.2, 0) is 0 Å².